The monoisotopic (exact) mass is 332 g/mol. The first kappa shape index (κ1) is 17.8. The Hall–Kier alpha value is -2.57. The van der Waals surface area contributed by atoms with Gasteiger partial charge in [0, 0.05) is 50.6 Å². The third-order valence-electron chi connectivity index (χ3n) is 4.20. The van der Waals surface area contributed by atoms with Crippen LogP contribution < -0.4 is 10.2 Å². The molecule has 0 atom stereocenters. The Morgan fingerprint density at radius 1 is 1.08 bits per heavy atom. The molecular weight excluding hydrogens is 308 g/mol. The number of benzene rings is 1. The molecule has 0 bridgehead atoms. The fourth-order valence-corrected chi connectivity index (χ4v) is 2.70. The van der Waals surface area contributed by atoms with Gasteiger partial charge in [-0.05, 0) is 38.1 Å². The molecule has 0 unspecified atom stereocenters. The summed E-state index contributed by atoms with van der Waals surface area (Å²) in [6.45, 7) is 7.67. The van der Waals surface area contributed by atoms with Gasteiger partial charge in [-0.1, -0.05) is 0 Å². The average Bonchev–Trinajstić information content (AvgIpc) is 2.63. The van der Waals surface area contributed by atoms with Crippen LogP contribution in [0.4, 0.5) is 11.4 Å². The lowest BCUT2D eigenvalue weighted by Crippen LogP contribution is -2.51. The van der Waals surface area contributed by atoms with Crippen molar-refractivity contribution in [3.8, 4) is 0 Å². The second kappa shape index (κ2) is 8.33. The highest BCUT2D eigenvalue weighted by atomic mass is 16.2. The van der Waals surface area contributed by atoms with Crippen LogP contribution in [0.3, 0.4) is 0 Å². The fraction of sp³-hybridized carbons (Fsp3) is 0.471. The summed E-state index contributed by atoms with van der Waals surface area (Å²) in [5.74, 6) is -1.21. The van der Waals surface area contributed by atoms with Gasteiger partial charge in [-0.2, -0.15) is 0 Å². The molecule has 130 valence electrons. The molecule has 7 heteroatoms. The molecule has 0 aliphatic carbocycles. The van der Waals surface area contributed by atoms with E-state index < -0.39 is 11.8 Å². The first-order chi connectivity index (χ1) is 11.6. The van der Waals surface area contributed by atoms with E-state index in [1.165, 1.54) is 4.90 Å². The minimum atomic E-state index is -0.648. The molecule has 7 nitrogen and oxygen atoms in total. The number of rotatable bonds is 5. The van der Waals surface area contributed by atoms with E-state index in [1.54, 1.807) is 17.0 Å². The predicted molar refractivity (Wildman–Crippen MR) is 92.8 cm³/mol. The molecule has 0 radical (unpaired) electrons. The highest BCUT2D eigenvalue weighted by molar-refractivity contribution is 6.39. The zero-order chi connectivity index (χ0) is 17.5. The summed E-state index contributed by atoms with van der Waals surface area (Å²) in [4.78, 5) is 40.2. The predicted octanol–water partition coefficient (Wildman–Crippen LogP) is 0.772. The van der Waals surface area contributed by atoms with Gasteiger partial charge in [-0.15, -0.1) is 0 Å². The zero-order valence-electron chi connectivity index (χ0n) is 14.2. The Labute approximate surface area is 142 Å². The molecule has 1 heterocycles. The number of nitrogens with one attached hydrogen (secondary N) is 1. The maximum atomic E-state index is 12.2. The topological polar surface area (TPSA) is 73.0 Å². The number of nitrogens with zero attached hydrogens (tertiary/aromatic N) is 3. The Kier molecular flexibility index (Phi) is 6.17. The maximum absolute atomic E-state index is 12.2. The normalized spacial score (nSPS) is 14.2. The average molecular weight is 332 g/mol. The molecule has 1 fully saturated rings. The lowest BCUT2D eigenvalue weighted by Gasteiger charge is -2.32. The molecule has 0 aromatic heterocycles. The minimum Gasteiger partial charge on any atom is -0.372 e. The van der Waals surface area contributed by atoms with Gasteiger partial charge in [-0.3, -0.25) is 14.4 Å². The van der Waals surface area contributed by atoms with Gasteiger partial charge in [0.25, 0.3) is 0 Å². The Bertz CT molecular complexity index is 576. The van der Waals surface area contributed by atoms with Crippen molar-refractivity contribution in [3.63, 3.8) is 0 Å². The SMILES string of the molecule is CCN(CC)c1ccc(NC(=O)C(=O)N2CCN(C=O)CC2)cc1. The highest BCUT2D eigenvalue weighted by Crippen LogP contribution is 2.17. The molecule has 3 amide bonds. The standard InChI is InChI=1S/C17H24N4O3/c1-3-20(4-2)15-7-5-14(6-8-15)18-16(23)17(24)21-11-9-19(13-22)10-12-21/h5-8,13H,3-4,9-12H2,1-2H3,(H,18,23). The van der Waals surface area contributed by atoms with Crippen LogP contribution in [0.25, 0.3) is 0 Å². The second-order valence-electron chi connectivity index (χ2n) is 5.61. The largest absolute Gasteiger partial charge is 0.372 e. The summed E-state index contributed by atoms with van der Waals surface area (Å²) in [5.41, 5.74) is 1.67. The van der Waals surface area contributed by atoms with E-state index in [4.69, 9.17) is 0 Å². The van der Waals surface area contributed by atoms with E-state index in [0.29, 0.717) is 31.9 Å². The van der Waals surface area contributed by atoms with Crippen LogP contribution in [0.5, 0.6) is 0 Å². The molecule has 1 aliphatic rings. The third kappa shape index (κ3) is 4.24. The second-order valence-corrected chi connectivity index (χ2v) is 5.61. The van der Waals surface area contributed by atoms with E-state index in [2.05, 4.69) is 24.1 Å². The third-order valence-corrected chi connectivity index (χ3v) is 4.20. The number of hydrogen-bond donors (Lipinski definition) is 1. The fourth-order valence-electron chi connectivity index (χ4n) is 2.70. The summed E-state index contributed by atoms with van der Waals surface area (Å²) in [5, 5.41) is 2.63. The Morgan fingerprint density at radius 3 is 2.17 bits per heavy atom. The Balaban J connectivity index is 1.92. The number of hydrogen-bond acceptors (Lipinski definition) is 4. The zero-order valence-corrected chi connectivity index (χ0v) is 14.2. The number of carbonyl (C=O) groups excluding carboxylic acids is 3. The molecule has 1 aromatic carbocycles. The van der Waals surface area contributed by atoms with Crippen LogP contribution in [0.1, 0.15) is 13.8 Å². The summed E-state index contributed by atoms with van der Waals surface area (Å²) < 4.78 is 0. The molecule has 24 heavy (non-hydrogen) atoms. The van der Waals surface area contributed by atoms with Crippen molar-refractivity contribution < 1.29 is 14.4 Å². The van der Waals surface area contributed by atoms with Crippen LogP contribution in [-0.2, 0) is 14.4 Å². The molecule has 1 aromatic rings. The number of amides is 3. The van der Waals surface area contributed by atoms with E-state index >= 15 is 0 Å². The van der Waals surface area contributed by atoms with Crippen molar-refractivity contribution in [3.05, 3.63) is 24.3 Å². The van der Waals surface area contributed by atoms with Crippen molar-refractivity contribution in [2.75, 3.05) is 49.5 Å². The molecule has 2 rings (SSSR count). The van der Waals surface area contributed by atoms with Crippen LogP contribution in [0.2, 0.25) is 0 Å². The van der Waals surface area contributed by atoms with Crippen molar-refractivity contribution in [2.24, 2.45) is 0 Å². The van der Waals surface area contributed by atoms with Crippen molar-refractivity contribution in [1.29, 1.82) is 0 Å². The van der Waals surface area contributed by atoms with Gasteiger partial charge in [0.15, 0.2) is 0 Å². The smallest absolute Gasteiger partial charge is 0.313 e. The first-order valence-corrected chi connectivity index (χ1v) is 8.23. The summed E-state index contributed by atoms with van der Waals surface area (Å²) in [6.07, 6.45) is 0.763. The van der Waals surface area contributed by atoms with Gasteiger partial charge in [0.2, 0.25) is 6.41 Å². The molecule has 1 aliphatic heterocycles. The van der Waals surface area contributed by atoms with Gasteiger partial charge in [-0.25, -0.2) is 0 Å². The van der Waals surface area contributed by atoms with E-state index in [-0.39, 0.29) is 0 Å². The molecule has 1 saturated heterocycles. The summed E-state index contributed by atoms with van der Waals surface area (Å²) in [7, 11) is 0. The van der Waals surface area contributed by atoms with Crippen LogP contribution in [-0.4, -0.2) is 67.3 Å². The quantitative estimate of drug-likeness (QED) is 0.639. The molecule has 1 N–H and O–H groups in total. The van der Waals surface area contributed by atoms with Gasteiger partial charge >= 0.3 is 11.8 Å². The summed E-state index contributed by atoms with van der Waals surface area (Å²) in [6, 6.07) is 7.44. The summed E-state index contributed by atoms with van der Waals surface area (Å²) >= 11 is 0. The lowest BCUT2D eigenvalue weighted by molar-refractivity contribution is -0.144. The van der Waals surface area contributed by atoms with Crippen molar-refractivity contribution in [2.45, 2.75) is 13.8 Å². The lowest BCUT2D eigenvalue weighted by atomic mass is 10.2. The van der Waals surface area contributed by atoms with Crippen molar-refractivity contribution in [1.82, 2.24) is 9.80 Å². The number of carbonyl (C=O) groups is 3. The minimum absolute atomic E-state index is 0.381. The van der Waals surface area contributed by atoms with Gasteiger partial charge in [0.1, 0.15) is 0 Å². The Morgan fingerprint density at radius 2 is 1.67 bits per heavy atom. The van der Waals surface area contributed by atoms with Gasteiger partial charge in [0.05, 0.1) is 0 Å². The number of anilines is 2. The molecule has 0 spiro atoms. The van der Waals surface area contributed by atoms with Crippen LogP contribution in [0.15, 0.2) is 24.3 Å². The van der Waals surface area contributed by atoms with E-state index in [1.807, 2.05) is 12.1 Å². The highest BCUT2D eigenvalue weighted by Gasteiger charge is 2.25. The van der Waals surface area contributed by atoms with E-state index in [0.717, 1.165) is 25.2 Å². The van der Waals surface area contributed by atoms with E-state index in [9.17, 15) is 14.4 Å². The molecular formula is C17H24N4O3. The van der Waals surface area contributed by atoms with Crippen LogP contribution >= 0.6 is 0 Å². The number of piperazine rings is 1. The first-order valence-electron chi connectivity index (χ1n) is 8.23. The molecule has 0 saturated carbocycles. The van der Waals surface area contributed by atoms with Crippen molar-refractivity contribution >= 4 is 29.6 Å². The van der Waals surface area contributed by atoms with Crippen LogP contribution in [0, 0.1) is 0 Å². The maximum Gasteiger partial charge on any atom is 0.313 e. The van der Waals surface area contributed by atoms with Gasteiger partial charge < -0.3 is 20.0 Å².